The molecule has 1 unspecified atom stereocenters. The molecule has 12 heavy (non-hydrogen) atoms. The highest BCUT2D eigenvalue weighted by Gasteiger charge is 2.13. The van der Waals surface area contributed by atoms with Crippen LogP contribution in [0.2, 0.25) is 0 Å². The molecule has 1 saturated heterocycles. The van der Waals surface area contributed by atoms with Crippen LogP contribution < -0.4 is 16.4 Å². The molecule has 4 nitrogen and oxygen atoms in total. The standard InChI is InChI=1S/C7H15N3O.ClH/c8-4-7(11)10-6-2-1-3-9-5-6;/h6,9H,1-5,8H2,(H,10,11);1H. The number of nitrogens with two attached hydrogens (primary N) is 1. The molecule has 4 N–H and O–H groups in total. The van der Waals surface area contributed by atoms with Gasteiger partial charge in [0.25, 0.3) is 0 Å². The van der Waals surface area contributed by atoms with E-state index in [1.807, 2.05) is 0 Å². The lowest BCUT2D eigenvalue weighted by Crippen LogP contribution is -2.47. The summed E-state index contributed by atoms with van der Waals surface area (Å²) in [6.45, 7) is 2.04. The molecule has 0 radical (unpaired) electrons. The predicted molar refractivity (Wildman–Crippen MR) is 50.3 cm³/mol. The highest BCUT2D eigenvalue weighted by atomic mass is 35.5. The first-order valence-electron chi connectivity index (χ1n) is 4.03. The fraction of sp³-hybridized carbons (Fsp3) is 0.857. The van der Waals surface area contributed by atoms with E-state index in [9.17, 15) is 4.79 Å². The molecule has 1 amide bonds. The van der Waals surface area contributed by atoms with Crippen LogP contribution >= 0.6 is 12.4 Å². The first-order chi connectivity index (χ1) is 5.33. The van der Waals surface area contributed by atoms with Crippen molar-refractivity contribution in [1.82, 2.24) is 10.6 Å². The minimum atomic E-state index is -0.0568. The lowest BCUT2D eigenvalue weighted by atomic mass is 10.1. The van der Waals surface area contributed by atoms with E-state index in [-0.39, 0.29) is 24.9 Å². The fourth-order valence-corrected chi connectivity index (χ4v) is 1.26. The van der Waals surface area contributed by atoms with E-state index in [1.54, 1.807) is 0 Å². The molecule has 1 heterocycles. The molecule has 0 saturated carbocycles. The maximum Gasteiger partial charge on any atom is 0.233 e. The van der Waals surface area contributed by atoms with E-state index < -0.39 is 0 Å². The van der Waals surface area contributed by atoms with Gasteiger partial charge in [-0.3, -0.25) is 4.79 Å². The van der Waals surface area contributed by atoms with Gasteiger partial charge in [-0.2, -0.15) is 0 Å². The Morgan fingerprint density at radius 3 is 2.92 bits per heavy atom. The highest BCUT2D eigenvalue weighted by molar-refractivity contribution is 5.85. The Balaban J connectivity index is 0.00000121. The van der Waals surface area contributed by atoms with Gasteiger partial charge in [0, 0.05) is 12.6 Å². The molecule has 0 bridgehead atoms. The van der Waals surface area contributed by atoms with Crippen molar-refractivity contribution < 1.29 is 4.79 Å². The number of halogens is 1. The number of hydrogen-bond acceptors (Lipinski definition) is 3. The Bertz CT molecular complexity index is 137. The van der Waals surface area contributed by atoms with Gasteiger partial charge in [-0.1, -0.05) is 0 Å². The zero-order valence-corrected chi connectivity index (χ0v) is 7.82. The van der Waals surface area contributed by atoms with Gasteiger partial charge in [0.05, 0.1) is 6.54 Å². The van der Waals surface area contributed by atoms with E-state index in [1.165, 1.54) is 0 Å². The second-order valence-electron chi connectivity index (χ2n) is 2.81. The lowest BCUT2D eigenvalue weighted by Gasteiger charge is -2.23. The average Bonchev–Trinajstić information content (AvgIpc) is 2.06. The molecule has 0 aliphatic carbocycles. The molecule has 72 valence electrons. The molecule has 1 aliphatic heterocycles. The smallest absolute Gasteiger partial charge is 0.233 e. The Labute approximate surface area is 78.7 Å². The number of piperidine rings is 1. The van der Waals surface area contributed by atoms with Gasteiger partial charge in [-0.15, -0.1) is 12.4 Å². The van der Waals surface area contributed by atoms with Crippen LogP contribution in [-0.4, -0.2) is 31.6 Å². The summed E-state index contributed by atoms with van der Waals surface area (Å²) in [4.78, 5) is 10.8. The Morgan fingerprint density at radius 2 is 2.42 bits per heavy atom. The normalized spacial score (nSPS) is 22.6. The molecule has 1 fully saturated rings. The lowest BCUT2D eigenvalue weighted by molar-refractivity contribution is -0.120. The topological polar surface area (TPSA) is 67.2 Å². The van der Waals surface area contributed by atoms with Gasteiger partial charge in [0.2, 0.25) is 5.91 Å². The van der Waals surface area contributed by atoms with Crippen molar-refractivity contribution in [3.05, 3.63) is 0 Å². The molecular formula is C7H16ClN3O. The van der Waals surface area contributed by atoms with Crippen molar-refractivity contribution in [2.75, 3.05) is 19.6 Å². The third-order valence-electron chi connectivity index (χ3n) is 1.85. The minimum Gasteiger partial charge on any atom is -0.351 e. The largest absolute Gasteiger partial charge is 0.351 e. The van der Waals surface area contributed by atoms with Crippen LogP contribution in [0.1, 0.15) is 12.8 Å². The Morgan fingerprint density at radius 1 is 1.67 bits per heavy atom. The van der Waals surface area contributed by atoms with Crippen LogP contribution in [0.4, 0.5) is 0 Å². The molecule has 5 heteroatoms. The number of amides is 1. The van der Waals surface area contributed by atoms with Crippen molar-refractivity contribution in [2.24, 2.45) is 5.73 Å². The number of rotatable bonds is 2. The van der Waals surface area contributed by atoms with E-state index in [4.69, 9.17) is 5.73 Å². The summed E-state index contributed by atoms with van der Waals surface area (Å²) in [7, 11) is 0. The summed E-state index contributed by atoms with van der Waals surface area (Å²) in [5.74, 6) is -0.0568. The van der Waals surface area contributed by atoms with Crippen LogP contribution in [0, 0.1) is 0 Å². The van der Waals surface area contributed by atoms with Gasteiger partial charge in [-0.05, 0) is 19.4 Å². The molecule has 0 aromatic heterocycles. The summed E-state index contributed by atoms with van der Waals surface area (Å²) in [6.07, 6.45) is 2.20. The van der Waals surface area contributed by atoms with Crippen LogP contribution in [0.25, 0.3) is 0 Å². The zero-order valence-electron chi connectivity index (χ0n) is 7.01. The third-order valence-corrected chi connectivity index (χ3v) is 1.85. The second-order valence-corrected chi connectivity index (χ2v) is 2.81. The van der Waals surface area contributed by atoms with Gasteiger partial charge < -0.3 is 16.4 Å². The van der Waals surface area contributed by atoms with Crippen molar-refractivity contribution >= 4 is 18.3 Å². The fourth-order valence-electron chi connectivity index (χ4n) is 1.26. The molecule has 1 rings (SSSR count). The number of carbonyl (C=O) groups excluding carboxylic acids is 1. The Kier molecular flexibility index (Phi) is 6.06. The van der Waals surface area contributed by atoms with Crippen LogP contribution in [-0.2, 0) is 4.79 Å². The molecule has 0 spiro atoms. The second kappa shape index (κ2) is 6.22. The molecule has 0 aromatic carbocycles. The van der Waals surface area contributed by atoms with Gasteiger partial charge in [-0.25, -0.2) is 0 Å². The van der Waals surface area contributed by atoms with Gasteiger partial charge in [0.1, 0.15) is 0 Å². The number of hydrogen-bond donors (Lipinski definition) is 3. The zero-order chi connectivity index (χ0) is 8.10. The molecule has 1 aliphatic rings. The summed E-state index contributed by atoms with van der Waals surface area (Å²) in [6, 6.07) is 0.291. The summed E-state index contributed by atoms with van der Waals surface area (Å²) in [5.41, 5.74) is 5.16. The number of carbonyl (C=O) groups is 1. The van der Waals surface area contributed by atoms with E-state index in [0.29, 0.717) is 6.04 Å². The van der Waals surface area contributed by atoms with Crippen LogP contribution in [0.3, 0.4) is 0 Å². The maximum atomic E-state index is 10.8. The summed E-state index contributed by atoms with van der Waals surface area (Å²) in [5, 5.41) is 6.05. The van der Waals surface area contributed by atoms with Crippen molar-refractivity contribution in [3.63, 3.8) is 0 Å². The summed E-state index contributed by atoms with van der Waals surface area (Å²) < 4.78 is 0. The molecule has 0 aromatic rings. The number of nitrogens with one attached hydrogen (secondary N) is 2. The SMILES string of the molecule is Cl.NCC(=O)NC1CCCNC1. The van der Waals surface area contributed by atoms with Crippen LogP contribution in [0.15, 0.2) is 0 Å². The maximum absolute atomic E-state index is 10.8. The predicted octanol–water partition coefficient (Wildman–Crippen LogP) is -0.765. The summed E-state index contributed by atoms with van der Waals surface area (Å²) >= 11 is 0. The highest BCUT2D eigenvalue weighted by Crippen LogP contribution is 2.00. The first-order valence-corrected chi connectivity index (χ1v) is 4.03. The minimum absolute atomic E-state index is 0. The van der Waals surface area contributed by atoms with Gasteiger partial charge in [0.15, 0.2) is 0 Å². The third kappa shape index (κ3) is 3.90. The van der Waals surface area contributed by atoms with Crippen molar-refractivity contribution in [1.29, 1.82) is 0 Å². The van der Waals surface area contributed by atoms with E-state index >= 15 is 0 Å². The van der Waals surface area contributed by atoms with E-state index in [0.717, 1.165) is 25.9 Å². The quantitative estimate of drug-likeness (QED) is 0.540. The van der Waals surface area contributed by atoms with Crippen LogP contribution in [0.5, 0.6) is 0 Å². The van der Waals surface area contributed by atoms with Gasteiger partial charge >= 0.3 is 0 Å². The molecular weight excluding hydrogens is 178 g/mol. The monoisotopic (exact) mass is 193 g/mol. The average molecular weight is 194 g/mol. The van der Waals surface area contributed by atoms with Crippen molar-refractivity contribution in [3.8, 4) is 0 Å². The molecule has 1 atom stereocenters. The first kappa shape index (κ1) is 11.7. The van der Waals surface area contributed by atoms with E-state index in [2.05, 4.69) is 10.6 Å². The van der Waals surface area contributed by atoms with Crippen molar-refractivity contribution in [2.45, 2.75) is 18.9 Å². The Hall–Kier alpha value is -0.320.